The molecule has 2 rings (SSSR count). The van der Waals surface area contributed by atoms with E-state index in [4.69, 9.17) is 4.74 Å². The number of rotatable bonds is 10. The Hall–Kier alpha value is -1.04. The van der Waals surface area contributed by atoms with E-state index in [0.717, 1.165) is 63.7 Å². The van der Waals surface area contributed by atoms with Crippen molar-refractivity contribution in [3.63, 3.8) is 0 Å². The maximum Gasteiger partial charge on any atom is 0.309 e. The van der Waals surface area contributed by atoms with Crippen molar-refractivity contribution in [1.82, 2.24) is 0 Å². The maximum absolute atomic E-state index is 12.6. The SMILES string of the molecule is CCCCCCC1CCC(OC(=O)[C@H]2CC[C@@](C#N)(CCCC)CC2)CC1. The molecule has 0 unspecified atom stereocenters. The van der Waals surface area contributed by atoms with Gasteiger partial charge in [0.15, 0.2) is 0 Å². The highest BCUT2D eigenvalue weighted by molar-refractivity contribution is 5.72. The third kappa shape index (κ3) is 7.13. The average molecular weight is 376 g/mol. The lowest BCUT2D eigenvalue weighted by atomic mass is 9.69. The van der Waals surface area contributed by atoms with E-state index >= 15 is 0 Å². The number of carbonyl (C=O) groups is 1. The molecule has 2 saturated carbocycles. The largest absolute Gasteiger partial charge is 0.462 e. The maximum atomic E-state index is 12.6. The smallest absolute Gasteiger partial charge is 0.309 e. The molecule has 2 aliphatic rings. The van der Waals surface area contributed by atoms with Crippen LogP contribution >= 0.6 is 0 Å². The van der Waals surface area contributed by atoms with Crippen LogP contribution in [0.3, 0.4) is 0 Å². The van der Waals surface area contributed by atoms with Gasteiger partial charge in [-0.05, 0) is 63.7 Å². The van der Waals surface area contributed by atoms with E-state index in [1.54, 1.807) is 0 Å². The molecule has 0 bridgehead atoms. The van der Waals surface area contributed by atoms with Gasteiger partial charge in [-0.25, -0.2) is 0 Å². The number of nitriles is 1. The fourth-order valence-corrected chi connectivity index (χ4v) is 5.00. The predicted octanol–water partition coefficient (Wildman–Crippen LogP) is 6.95. The normalized spacial score (nSPS) is 31.2. The summed E-state index contributed by atoms with van der Waals surface area (Å²) < 4.78 is 5.88. The van der Waals surface area contributed by atoms with Crippen molar-refractivity contribution in [2.75, 3.05) is 0 Å². The minimum atomic E-state index is -0.178. The highest BCUT2D eigenvalue weighted by atomic mass is 16.5. The van der Waals surface area contributed by atoms with E-state index in [1.807, 2.05) is 0 Å². The Kier molecular flexibility index (Phi) is 9.66. The van der Waals surface area contributed by atoms with Gasteiger partial charge in [0.05, 0.1) is 17.4 Å². The number of nitrogens with zero attached hydrogens (tertiary/aromatic N) is 1. The monoisotopic (exact) mass is 375 g/mol. The predicted molar refractivity (Wildman–Crippen MR) is 110 cm³/mol. The first-order valence-corrected chi connectivity index (χ1v) is 11.7. The van der Waals surface area contributed by atoms with Crippen molar-refractivity contribution in [2.24, 2.45) is 17.3 Å². The molecule has 0 heterocycles. The van der Waals surface area contributed by atoms with Crippen LogP contribution in [0.1, 0.15) is 117 Å². The first kappa shape index (κ1) is 22.3. The molecular formula is C24H41NO2. The lowest BCUT2D eigenvalue weighted by Crippen LogP contribution is -2.33. The summed E-state index contributed by atoms with van der Waals surface area (Å²) in [7, 11) is 0. The molecule has 0 aromatic heterocycles. The lowest BCUT2D eigenvalue weighted by Gasteiger charge is -2.35. The van der Waals surface area contributed by atoms with Gasteiger partial charge in [-0.15, -0.1) is 0 Å². The molecule has 2 fully saturated rings. The van der Waals surface area contributed by atoms with Crippen LogP contribution in [-0.4, -0.2) is 12.1 Å². The number of hydrogen-bond donors (Lipinski definition) is 0. The van der Waals surface area contributed by atoms with E-state index in [-0.39, 0.29) is 23.4 Å². The van der Waals surface area contributed by atoms with Gasteiger partial charge in [-0.2, -0.15) is 5.26 Å². The summed E-state index contributed by atoms with van der Waals surface area (Å²) in [6.45, 7) is 4.44. The zero-order valence-corrected chi connectivity index (χ0v) is 17.8. The topological polar surface area (TPSA) is 50.1 Å². The van der Waals surface area contributed by atoms with E-state index in [0.29, 0.717) is 0 Å². The number of esters is 1. The van der Waals surface area contributed by atoms with E-state index in [1.165, 1.54) is 44.9 Å². The minimum Gasteiger partial charge on any atom is -0.462 e. The zero-order valence-electron chi connectivity index (χ0n) is 17.8. The average Bonchev–Trinajstić information content (AvgIpc) is 2.71. The zero-order chi connectivity index (χ0) is 19.5. The summed E-state index contributed by atoms with van der Waals surface area (Å²) in [6, 6.07) is 2.57. The van der Waals surface area contributed by atoms with Crippen LogP contribution in [0, 0.1) is 28.6 Å². The molecule has 0 amide bonds. The molecule has 0 aromatic rings. The van der Waals surface area contributed by atoms with E-state index in [2.05, 4.69) is 19.9 Å². The Balaban J connectivity index is 1.66. The standard InChI is InChI=1S/C24H41NO2/c1-3-5-7-8-9-20-10-12-22(13-11-20)27-23(26)21-14-17-24(19-25,18-15-21)16-6-4-2/h20-22H,3-18H2,1-2H3/t20?,21-,22?,24-. The molecule has 0 aromatic carbocycles. The minimum absolute atomic E-state index is 0.0171. The van der Waals surface area contributed by atoms with Crippen molar-refractivity contribution in [3.8, 4) is 6.07 Å². The van der Waals surface area contributed by atoms with Crippen molar-refractivity contribution < 1.29 is 9.53 Å². The summed E-state index contributed by atoms with van der Waals surface area (Å²) in [5.74, 6) is 0.893. The van der Waals surface area contributed by atoms with Crippen molar-refractivity contribution in [2.45, 2.75) is 123 Å². The highest BCUT2D eigenvalue weighted by Gasteiger charge is 2.38. The van der Waals surface area contributed by atoms with Gasteiger partial charge >= 0.3 is 5.97 Å². The summed E-state index contributed by atoms with van der Waals surface area (Å²) >= 11 is 0. The Morgan fingerprint density at radius 1 is 0.963 bits per heavy atom. The Labute approximate surface area is 167 Å². The number of hydrogen-bond acceptors (Lipinski definition) is 3. The van der Waals surface area contributed by atoms with Crippen LogP contribution in [0.5, 0.6) is 0 Å². The Morgan fingerprint density at radius 2 is 1.63 bits per heavy atom. The van der Waals surface area contributed by atoms with Crippen LogP contribution in [0.25, 0.3) is 0 Å². The summed E-state index contributed by atoms with van der Waals surface area (Å²) in [6.07, 6.45) is 18.1. The molecule has 2 aliphatic carbocycles. The molecule has 0 radical (unpaired) electrons. The van der Waals surface area contributed by atoms with Crippen LogP contribution in [0.2, 0.25) is 0 Å². The third-order valence-corrected chi connectivity index (χ3v) is 7.06. The fourth-order valence-electron chi connectivity index (χ4n) is 5.00. The Morgan fingerprint density at radius 3 is 2.22 bits per heavy atom. The number of carbonyl (C=O) groups excluding carboxylic acids is 1. The van der Waals surface area contributed by atoms with Gasteiger partial charge in [-0.3, -0.25) is 4.79 Å². The molecule has 0 saturated heterocycles. The fraction of sp³-hybridized carbons (Fsp3) is 0.917. The molecule has 3 nitrogen and oxygen atoms in total. The summed E-state index contributed by atoms with van der Waals surface area (Å²) in [5, 5.41) is 9.60. The number of ether oxygens (including phenoxy) is 1. The molecule has 27 heavy (non-hydrogen) atoms. The molecule has 0 aliphatic heterocycles. The van der Waals surface area contributed by atoms with Crippen LogP contribution in [0.4, 0.5) is 0 Å². The van der Waals surface area contributed by atoms with Gasteiger partial charge < -0.3 is 4.74 Å². The van der Waals surface area contributed by atoms with Crippen molar-refractivity contribution >= 4 is 5.97 Å². The number of unbranched alkanes of at least 4 members (excludes halogenated alkanes) is 4. The second-order valence-electron chi connectivity index (χ2n) is 9.20. The molecular weight excluding hydrogens is 334 g/mol. The van der Waals surface area contributed by atoms with Gasteiger partial charge in [-0.1, -0.05) is 58.8 Å². The van der Waals surface area contributed by atoms with Crippen molar-refractivity contribution in [3.05, 3.63) is 0 Å². The molecule has 3 heteroatoms. The van der Waals surface area contributed by atoms with Crippen molar-refractivity contribution in [1.29, 1.82) is 5.26 Å². The van der Waals surface area contributed by atoms with Gasteiger partial charge in [0.25, 0.3) is 0 Å². The molecule has 0 N–H and O–H groups in total. The van der Waals surface area contributed by atoms with Crippen LogP contribution < -0.4 is 0 Å². The second-order valence-corrected chi connectivity index (χ2v) is 9.20. The first-order chi connectivity index (χ1) is 13.1. The molecule has 0 atom stereocenters. The highest BCUT2D eigenvalue weighted by Crippen LogP contribution is 2.43. The van der Waals surface area contributed by atoms with Gasteiger partial charge in [0.1, 0.15) is 6.10 Å². The summed E-state index contributed by atoms with van der Waals surface area (Å²) in [4.78, 5) is 12.6. The van der Waals surface area contributed by atoms with Gasteiger partial charge in [0, 0.05) is 0 Å². The van der Waals surface area contributed by atoms with Gasteiger partial charge in [0.2, 0.25) is 0 Å². The second kappa shape index (κ2) is 11.7. The summed E-state index contributed by atoms with van der Waals surface area (Å²) in [5.41, 5.74) is -0.178. The van der Waals surface area contributed by atoms with E-state index < -0.39 is 0 Å². The van der Waals surface area contributed by atoms with E-state index in [9.17, 15) is 10.1 Å². The first-order valence-electron chi connectivity index (χ1n) is 11.7. The molecule has 0 spiro atoms. The quantitative estimate of drug-likeness (QED) is 0.306. The van der Waals surface area contributed by atoms with Crippen LogP contribution in [-0.2, 0) is 9.53 Å². The molecule has 154 valence electrons. The third-order valence-electron chi connectivity index (χ3n) is 7.06. The Bertz CT molecular complexity index is 465. The lowest BCUT2D eigenvalue weighted by molar-refractivity contribution is -0.157. The van der Waals surface area contributed by atoms with Crippen LogP contribution in [0.15, 0.2) is 0 Å².